The Morgan fingerprint density at radius 1 is 1.57 bits per heavy atom. The number of hydrogen-bond acceptors (Lipinski definition) is 4. The van der Waals surface area contributed by atoms with E-state index in [2.05, 4.69) is 4.74 Å². The van der Waals surface area contributed by atoms with Gasteiger partial charge >= 0.3 is 5.69 Å². The molecule has 0 bridgehead atoms. The third-order valence-corrected chi connectivity index (χ3v) is 1.69. The highest BCUT2D eigenvalue weighted by Gasteiger charge is 2.14. The Kier molecular flexibility index (Phi) is 3.67. The molecular weight excluding hydrogens is 210 g/mol. The van der Waals surface area contributed by atoms with Gasteiger partial charge in [0.1, 0.15) is 0 Å². The van der Waals surface area contributed by atoms with E-state index >= 15 is 0 Å². The average molecular weight is 218 g/mol. The van der Waals surface area contributed by atoms with Crippen LogP contribution in [0.1, 0.15) is 0 Å². The maximum Gasteiger partial charge on any atom is 0.311 e. The second kappa shape index (κ2) is 4.78. The van der Waals surface area contributed by atoms with Crippen LogP contribution in [0.5, 0.6) is 5.75 Å². The molecule has 76 valence electrons. The second-order valence-corrected chi connectivity index (χ2v) is 2.86. The highest BCUT2D eigenvalue weighted by Crippen LogP contribution is 2.29. The predicted octanol–water partition coefficient (Wildman–Crippen LogP) is 2.23. The zero-order chi connectivity index (χ0) is 10.6. The quantitative estimate of drug-likeness (QED) is 0.441. The van der Waals surface area contributed by atoms with Crippen LogP contribution >= 0.6 is 11.6 Å². The number of nitro benzene ring substituents is 1. The van der Waals surface area contributed by atoms with E-state index in [0.29, 0.717) is 5.02 Å². The third kappa shape index (κ3) is 2.58. The molecule has 0 aliphatic heterocycles. The molecule has 0 N–H and O–H groups in total. The van der Waals surface area contributed by atoms with Crippen LogP contribution in [0.4, 0.5) is 5.69 Å². The molecule has 0 aliphatic carbocycles. The van der Waals surface area contributed by atoms with Crippen molar-refractivity contribution in [3.05, 3.63) is 33.3 Å². The van der Waals surface area contributed by atoms with Crippen LogP contribution in [0, 0.1) is 10.1 Å². The molecular formula is C8H8ClNO4. The number of methoxy groups -OCH3 is 1. The Hall–Kier alpha value is -1.33. The van der Waals surface area contributed by atoms with Gasteiger partial charge in [-0.05, 0) is 6.07 Å². The number of benzene rings is 1. The average Bonchev–Trinajstić information content (AvgIpc) is 2.14. The zero-order valence-corrected chi connectivity index (χ0v) is 8.15. The maximum atomic E-state index is 10.5. The number of ether oxygens (including phenoxy) is 2. The van der Waals surface area contributed by atoms with E-state index in [-0.39, 0.29) is 18.2 Å². The Balaban J connectivity index is 2.97. The summed E-state index contributed by atoms with van der Waals surface area (Å²) in [4.78, 5) is 10.00. The van der Waals surface area contributed by atoms with E-state index < -0.39 is 4.92 Å². The summed E-state index contributed by atoms with van der Waals surface area (Å²) < 4.78 is 9.61. The molecule has 1 aromatic carbocycles. The molecule has 0 atom stereocenters. The van der Waals surface area contributed by atoms with Crippen LogP contribution in [-0.2, 0) is 4.74 Å². The first-order valence-corrected chi connectivity index (χ1v) is 4.08. The summed E-state index contributed by atoms with van der Waals surface area (Å²) in [5.74, 6) is 0.101. The largest absolute Gasteiger partial charge is 0.460 e. The Morgan fingerprint density at radius 2 is 2.29 bits per heavy atom. The molecule has 0 radical (unpaired) electrons. The number of hydrogen-bond donors (Lipinski definition) is 0. The van der Waals surface area contributed by atoms with Crippen molar-refractivity contribution in [2.45, 2.75) is 0 Å². The van der Waals surface area contributed by atoms with E-state index in [1.165, 1.54) is 25.3 Å². The smallest absolute Gasteiger partial charge is 0.311 e. The van der Waals surface area contributed by atoms with E-state index in [1.807, 2.05) is 0 Å². The van der Waals surface area contributed by atoms with Gasteiger partial charge in [-0.25, -0.2) is 0 Å². The normalized spacial score (nSPS) is 9.86. The van der Waals surface area contributed by atoms with E-state index in [1.54, 1.807) is 0 Å². The van der Waals surface area contributed by atoms with E-state index in [9.17, 15) is 10.1 Å². The van der Waals surface area contributed by atoms with Gasteiger partial charge < -0.3 is 9.47 Å². The summed E-state index contributed by atoms with van der Waals surface area (Å²) in [5, 5.41) is 10.9. The molecule has 0 heterocycles. The summed E-state index contributed by atoms with van der Waals surface area (Å²) in [6.07, 6.45) is 0. The van der Waals surface area contributed by atoms with Gasteiger partial charge in [-0.1, -0.05) is 11.6 Å². The van der Waals surface area contributed by atoms with Crippen molar-refractivity contribution in [3.8, 4) is 5.75 Å². The minimum Gasteiger partial charge on any atom is -0.460 e. The fourth-order valence-corrected chi connectivity index (χ4v) is 1.04. The van der Waals surface area contributed by atoms with E-state index in [4.69, 9.17) is 16.3 Å². The second-order valence-electron chi connectivity index (χ2n) is 2.42. The lowest BCUT2D eigenvalue weighted by molar-refractivity contribution is -0.386. The number of halogens is 1. The van der Waals surface area contributed by atoms with Crippen molar-refractivity contribution in [2.75, 3.05) is 13.9 Å². The first-order valence-electron chi connectivity index (χ1n) is 3.71. The molecule has 0 aromatic heterocycles. The Morgan fingerprint density at radius 3 is 2.86 bits per heavy atom. The van der Waals surface area contributed by atoms with Crippen molar-refractivity contribution in [1.82, 2.24) is 0 Å². The zero-order valence-electron chi connectivity index (χ0n) is 7.40. The minimum atomic E-state index is -0.540. The molecule has 0 unspecified atom stereocenters. The number of rotatable bonds is 4. The topological polar surface area (TPSA) is 61.6 Å². The molecule has 5 nitrogen and oxygen atoms in total. The molecule has 0 spiro atoms. The fourth-order valence-electron chi connectivity index (χ4n) is 0.877. The summed E-state index contributed by atoms with van der Waals surface area (Å²) in [6.45, 7) is -0.0544. The standard InChI is InChI=1S/C8H8ClNO4/c1-13-5-14-8-4-6(9)2-3-7(8)10(11)12/h2-4H,5H2,1H3. The number of nitrogens with zero attached hydrogens (tertiary/aromatic N) is 1. The van der Waals surface area contributed by atoms with Crippen molar-refractivity contribution in [2.24, 2.45) is 0 Å². The molecule has 1 aromatic rings. The van der Waals surface area contributed by atoms with Crippen molar-refractivity contribution >= 4 is 17.3 Å². The van der Waals surface area contributed by atoms with Gasteiger partial charge in [-0.3, -0.25) is 10.1 Å². The van der Waals surface area contributed by atoms with Crippen LogP contribution in [-0.4, -0.2) is 18.8 Å². The minimum absolute atomic E-state index is 0.0544. The van der Waals surface area contributed by atoms with Crippen LogP contribution in [0.25, 0.3) is 0 Å². The Labute approximate surface area is 85.3 Å². The molecule has 14 heavy (non-hydrogen) atoms. The van der Waals surface area contributed by atoms with Gasteiger partial charge in [0, 0.05) is 24.3 Å². The molecule has 0 aliphatic rings. The monoisotopic (exact) mass is 217 g/mol. The van der Waals surface area contributed by atoms with Crippen molar-refractivity contribution in [1.29, 1.82) is 0 Å². The molecule has 1 rings (SSSR count). The lowest BCUT2D eigenvalue weighted by Crippen LogP contribution is -2.01. The SMILES string of the molecule is COCOc1cc(Cl)ccc1[N+](=O)[O-]. The summed E-state index contributed by atoms with van der Waals surface area (Å²) in [7, 11) is 1.43. The van der Waals surface area contributed by atoms with Gasteiger partial charge in [0.15, 0.2) is 6.79 Å². The lowest BCUT2D eigenvalue weighted by atomic mass is 10.3. The van der Waals surface area contributed by atoms with Gasteiger partial charge in [0.2, 0.25) is 5.75 Å². The van der Waals surface area contributed by atoms with Crippen molar-refractivity contribution < 1.29 is 14.4 Å². The maximum absolute atomic E-state index is 10.5. The predicted molar refractivity (Wildman–Crippen MR) is 50.6 cm³/mol. The van der Waals surface area contributed by atoms with Gasteiger partial charge in [0.25, 0.3) is 0 Å². The highest BCUT2D eigenvalue weighted by molar-refractivity contribution is 6.30. The fraction of sp³-hybridized carbons (Fsp3) is 0.250. The van der Waals surface area contributed by atoms with Crippen LogP contribution in [0.3, 0.4) is 0 Å². The molecule has 0 fully saturated rings. The third-order valence-electron chi connectivity index (χ3n) is 1.45. The van der Waals surface area contributed by atoms with Crippen LogP contribution in [0.2, 0.25) is 5.02 Å². The first-order chi connectivity index (χ1) is 6.65. The van der Waals surface area contributed by atoms with Crippen LogP contribution < -0.4 is 4.74 Å². The van der Waals surface area contributed by atoms with Crippen molar-refractivity contribution in [3.63, 3.8) is 0 Å². The van der Waals surface area contributed by atoms with Crippen LogP contribution in [0.15, 0.2) is 18.2 Å². The molecule has 6 heteroatoms. The molecule has 0 saturated heterocycles. The van der Waals surface area contributed by atoms with Gasteiger partial charge in [-0.15, -0.1) is 0 Å². The summed E-state index contributed by atoms with van der Waals surface area (Å²) in [5.41, 5.74) is -0.133. The lowest BCUT2D eigenvalue weighted by Gasteiger charge is -2.04. The first kappa shape index (κ1) is 10.7. The molecule has 0 amide bonds. The van der Waals surface area contributed by atoms with Gasteiger partial charge in [0.05, 0.1) is 4.92 Å². The number of nitro groups is 1. The van der Waals surface area contributed by atoms with Gasteiger partial charge in [-0.2, -0.15) is 0 Å². The summed E-state index contributed by atoms with van der Waals surface area (Å²) in [6, 6.07) is 4.09. The Bertz CT molecular complexity index is 342. The van der Waals surface area contributed by atoms with E-state index in [0.717, 1.165) is 0 Å². The molecule has 0 saturated carbocycles. The highest BCUT2D eigenvalue weighted by atomic mass is 35.5. The summed E-state index contributed by atoms with van der Waals surface area (Å²) >= 11 is 5.66.